The molecule has 0 saturated heterocycles. The van der Waals surface area contributed by atoms with Gasteiger partial charge in [-0.1, -0.05) is 23.7 Å². The molecule has 34 heavy (non-hydrogen) atoms. The van der Waals surface area contributed by atoms with Crippen LogP contribution in [0.3, 0.4) is 0 Å². The Labute approximate surface area is 207 Å². The van der Waals surface area contributed by atoms with Gasteiger partial charge in [0.05, 0.1) is 31.6 Å². The summed E-state index contributed by atoms with van der Waals surface area (Å²) in [4.78, 5) is 26.4. The molecule has 0 heterocycles. The summed E-state index contributed by atoms with van der Waals surface area (Å²) in [6.45, 7) is 1.80. The molecule has 1 unspecified atom stereocenters. The number of benzene rings is 3. The summed E-state index contributed by atoms with van der Waals surface area (Å²) in [6, 6.07) is 17.5. The average Bonchev–Trinajstić information content (AvgIpc) is 2.83. The minimum Gasteiger partial charge on any atom is -0.496 e. The fraction of sp³-hybridized carbons (Fsp3) is 0.200. The summed E-state index contributed by atoms with van der Waals surface area (Å²) in [5, 5.41) is 5.73. The van der Waals surface area contributed by atoms with E-state index in [0.29, 0.717) is 39.2 Å². The van der Waals surface area contributed by atoms with Crippen LogP contribution < -0.4 is 24.8 Å². The van der Waals surface area contributed by atoms with Crippen molar-refractivity contribution in [2.75, 3.05) is 32.0 Å². The van der Waals surface area contributed by atoms with Crippen LogP contribution in [0, 0.1) is 0 Å². The quantitative estimate of drug-likeness (QED) is 0.364. The molecule has 0 radical (unpaired) electrons. The molecule has 2 amide bonds. The van der Waals surface area contributed by atoms with Gasteiger partial charge in [0.1, 0.15) is 22.8 Å². The number of nitrogens with one attached hydrogen (secondary N) is 2. The zero-order chi connectivity index (χ0) is 24.7. The van der Waals surface area contributed by atoms with Gasteiger partial charge < -0.3 is 24.8 Å². The molecule has 2 N–H and O–H groups in total. The summed E-state index contributed by atoms with van der Waals surface area (Å²) in [5.74, 6) is 0.808. The monoisotopic (exact) mass is 500 g/mol. The van der Waals surface area contributed by atoms with Crippen LogP contribution in [0.5, 0.6) is 17.2 Å². The number of ether oxygens (including phenoxy) is 3. The Morgan fingerprint density at radius 3 is 2.06 bits per heavy atom. The summed E-state index contributed by atoms with van der Waals surface area (Å²) in [7, 11) is 4.52. The third kappa shape index (κ3) is 6.15. The zero-order valence-corrected chi connectivity index (χ0v) is 20.8. The average molecular weight is 501 g/mol. The number of thioether (sulfide) groups is 1. The van der Waals surface area contributed by atoms with E-state index in [0.717, 1.165) is 4.90 Å². The van der Waals surface area contributed by atoms with Gasteiger partial charge in [0.15, 0.2) is 0 Å². The molecule has 0 aliphatic carbocycles. The van der Waals surface area contributed by atoms with E-state index in [-0.39, 0.29) is 11.8 Å². The van der Waals surface area contributed by atoms with Gasteiger partial charge in [-0.25, -0.2) is 0 Å². The Kier molecular flexibility index (Phi) is 8.67. The first kappa shape index (κ1) is 25.3. The van der Waals surface area contributed by atoms with Crippen molar-refractivity contribution in [3.05, 3.63) is 71.2 Å². The van der Waals surface area contributed by atoms with E-state index in [1.165, 1.54) is 33.1 Å². The molecule has 0 aromatic heterocycles. The van der Waals surface area contributed by atoms with Crippen molar-refractivity contribution in [1.82, 2.24) is 0 Å². The van der Waals surface area contributed by atoms with Crippen molar-refractivity contribution in [1.29, 1.82) is 0 Å². The number of rotatable bonds is 9. The zero-order valence-electron chi connectivity index (χ0n) is 19.2. The summed E-state index contributed by atoms with van der Waals surface area (Å²) < 4.78 is 15.8. The first-order valence-corrected chi connectivity index (χ1v) is 11.6. The van der Waals surface area contributed by atoms with Crippen molar-refractivity contribution in [3.8, 4) is 17.2 Å². The summed E-state index contributed by atoms with van der Waals surface area (Å²) in [5.41, 5.74) is 1.46. The first-order valence-electron chi connectivity index (χ1n) is 10.3. The molecule has 3 aromatic rings. The maximum Gasteiger partial charge on any atom is 0.263 e. The maximum atomic E-state index is 12.9. The van der Waals surface area contributed by atoms with E-state index in [2.05, 4.69) is 10.6 Å². The van der Waals surface area contributed by atoms with Gasteiger partial charge in [0, 0.05) is 16.3 Å². The summed E-state index contributed by atoms with van der Waals surface area (Å²) in [6.07, 6.45) is 0. The molecule has 7 nitrogen and oxygen atoms in total. The molecule has 1 atom stereocenters. The van der Waals surface area contributed by atoms with Gasteiger partial charge in [-0.05, 0) is 55.5 Å². The number of methoxy groups -OCH3 is 3. The largest absolute Gasteiger partial charge is 0.496 e. The number of carbonyl (C=O) groups excluding carboxylic acids is 2. The van der Waals surface area contributed by atoms with Crippen LogP contribution >= 0.6 is 23.4 Å². The number of amides is 2. The van der Waals surface area contributed by atoms with Crippen LogP contribution in [-0.4, -0.2) is 38.4 Å². The lowest BCUT2D eigenvalue weighted by Gasteiger charge is -2.15. The van der Waals surface area contributed by atoms with Gasteiger partial charge in [-0.2, -0.15) is 0 Å². The highest BCUT2D eigenvalue weighted by molar-refractivity contribution is 8.00. The molecule has 178 valence electrons. The van der Waals surface area contributed by atoms with Crippen LogP contribution in [-0.2, 0) is 4.79 Å². The molecule has 9 heteroatoms. The molecule has 0 saturated carbocycles. The smallest absolute Gasteiger partial charge is 0.263 e. The fourth-order valence-electron chi connectivity index (χ4n) is 3.16. The first-order chi connectivity index (χ1) is 16.4. The van der Waals surface area contributed by atoms with E-state index in [1.807, 2.05) is 12.1 Å². The van der Waals surface area contributed by atoms with Gasteiger partial charge in [-0.15, -0.1) is 11.8 Å². The Balaban J connectivity index is 1.68. The van der Waals surface area contributed by atoms with Gasteiger partial charge >= 0.3 is 0 Å². The second-order valence-electron chi connectivity index (χ2n) is 7.12. The van der Waals surface area contributed by atoms with Crippen molar-refractivity contribution in [2.24, 2.45) is 0 Å². The van der Waals surface area contributed by atoms with E-state index < -0.39 is 5.25 Å². The lowest BCUT2D eigenvalue weighted by Crippen LogP contribution is -2.22. The van der Waals surface area contributed by atoms with E-state index >= 15 is 0 Å². The molecule has 0 bridgehead atoms. The topological polar surface area (TPSA) is 85.9 Å². The molecule has 0 aliphatic heterocycles. The van der Waals surface area contributed by atoms with Crippen LogP contribution in [0.2, 0.25) is 5.02 Å². The highest BCUT2D eigenvalue weighted by atomic mass is 35.5. The Hall–Kier alpha value is -3.36. The van der Waals surface area contributed by atoms with Gasteiger partial charge in [0.25, 0.3) is 5.91 Å². The number of carbonyl (C=O) groups is 2. The van der Waals surface area contributed by atoms with Crippen molar-refractivity contribution in [2.45, 2.75) is 17.1 Å². The molecule has 0 spiro atoms. The van der Waals surface area contributed by atoms with Gasteiger partial charge in [-0.3, -0.25) is 9.59 Å². The minimum absolute atomic E-state index is 0.181. The van der Waals surface area contributed by atoms with Crippen LogP contribution in [0.1, 0.15) is 17.3 Å². The predicted molar refractivity (Wildman–Crippen MR) is 136 cm³/mol. The molecular formula is C25H25ClN2O5S. The van der Waals surface area contributed by atoms with Crippen molar-refractivity contribution < 1.29 is 23.8 Å². The van der Waals surface area contributed by atoms with Crippen LogP contribution in [0.25, 0.3) is 0 Å². The van der Waals surface area contributed by atoms with Crippen molar-refractivity contribution in [3.63, 3.8) is 0 Å². The number of anilines is 2. The molecule has 0 aliphatic rings. The minimum atomic E-state index is -0.402. The predicted octanol–water partition coefficient (Wildman–Crippen LogP) is 5.74. The summed E-state index contributed by atoms with van der Waals surface area (Å²) >= 11 is 7.50. The molecule has 0 fully saturated rings. The number of hydrogen-bond acceptors (Lipinski definition) is 6. The number of hydrogen-bond donors (Lipinski definition) is 2. The van der Waals surface area contributed by atoms with E-state index in [9.17, 15) is 9.59 Å². The Bertz CT molecular complexity index is 1170. The highest BCUT2D eigenvalue weighted by Gasteiger charge is 2.19. The van der Waals surface area contributed by atoms with E-state index in [1.54, 1.807) is 55.5 Å². The standard InChI is InChI=1S/C25H25ClN2O5S/c1-15(24(29)27-17-11-12-20(31-2)19(26)14-17)34-18-8-5-7-16(13-18)28-25(30)23-21(32-3)9-6-10-22(23)33-4/h5-15H,1-4H3,(H,27,29)(H,28,30). The van der Waals surface area contributed by atoms with E-state index in [4.69, 9.17) is 25.8 Å². The van der Waals surface area contributed by atoms with Crippen molar-refractivity contribution >= 4 is 46.6 Å². The normalized spacial score (nSPS) is 11.3. The maximum absolute atomic E-state index is 12.9. The third-order valence-corrected chi connectivity index (χ3v) is 6.24. The Morgan fingerprint density at radius 2 is 1.44 bits per heavy atom. The molecular weight excluding hydrogens is 476 g/mol. The number of halogens is 1. The molecule has 3 aromatic carbocycles. The Morgan fingerprint density at radius 1 is 0.824 bits per heavy atom. The lowest BCUT2D eigenvalue weighted by molar-refractivity contribution is -0.115. The van der Waals surface area contributed by atoms with Gasteiger partial charge in [0.2, 0.25) is 5.91 Å². The van der Waals surface area contributed by atoms with Crippen LogP contribution in [0.15, 0.2) is 65.6 Å². The second-order valence-corrected chi connectivity index (χ2v) is 8.94. The third-order valence-electron chi connectivity index (χ3n) is 4.85. The SMILES string of the molecule is COc1ccc(NC(=O)C(C)Sc2cccc(NC(=O)c3c(OC)cccc3OC)c2)cc1Cl. The molecule has 3 rings (SSSR count). The van der Waals surface area contributed by atoms with Crippen LogP contribution in [0.4, 0.5) is 11.4 Å². The fourth-order valence-corrected chi connectivity index (χ4v) is 4.35. The highest BCUT2D eigenvalue weighted by Crippen LogP contribution is 2.31. The lowest BCUT2D eigenvalue weighted by atomic mass is 10.1. The second kappa shape index (κ2) is 11.7.